The molecule has 0 amide bonds. The molecule has 0 aliphatic heterocycles. The molecule has 0 unspecified atom stereocenters. The summed E-state index contributed by atoms with van der Waals surface area (Å²) in [6.07, 6.45) is 1.45. The number of aromatic carboxylic acids is 1. The lowest BCUT2D eigenvalue weighted by Gasteiger charge is -2.07. The first-order valence-corrected chi connectivity index (χ1v) is 6.53. The Hall–Kier alpha value is -2.69. The van der Waals surface area contributed by atoms with E-state index in [1.807, 2.05) is 0 Å². The van der Waals surface area contributed by atoms with Gasteiger partial charge in [0, 0.05) is 0 Å². The smallest absolute Gasteiger partial charge is 0.335 e. The van der Waals surface area contributed by atoms with E-state index < -0.39 is 5.97 Å². The quantitative estimate of drug-likeness (QED) is 0.562. The van der Waals surface area contributed by atoms with Crippen LogP contribution in [0.1, 0.15) is 22.3 Å². The molecular formula is C16H16O5. The molecule has 5 nitrogen and oxygen atoms in total. The molecular weight excluding hydrogens is 272 g/mol. The van der Waals surface area contributed by atoms with Crippen molar-refractivity contribution in [3.05, 3.63) is 53.6 Å². The molecule has 21 heavy (non-hydrogen) atoms. The lowest BCUT2D eigenvalue weighted by Crippen LogP contribution is -2.00. The fraction of sp³-hybridized carbons (Fsp3) is 0.188. The third-order valence-corrected chi connectivity index (χ3v) is 3.02. The highest BCUT2D eigenvalue weighted by Gasteiger charge is 2.03. The Bertz CT molecular complexity index is 619. The van der Waals surface area contributed by atoms with Crippen molar-refractivity contribution in [1.82, 2.24) is 0 Å². The van der Waals surface area contributed by atoms with Gasteiger partial charge in [-0.25, -0.2) is 4.79 Å². The first-order valence-electron chi connectivity index (χ1n) is 6.53. The summed E-state index contributed by atoms with van der Waals surface area (Å²) in [6.45, 7) is 0.480. The van der Waals surface area contributed by atoms with Crippen LogP contribution in [0.4, 0.5) is 0 Å². The predicted octanol–water partition coefficient (Wildman–Crippen LogP) is 2.81. The summed E-state index contributed by atoms with van der Waals surface area (Å²) in [5, 5.41) is 27.4. The molecule has 0 aliphatic carbocycles. The number of aryl methyl sites for hydroxylation is 1. The average molecular weight is 288 g/mol. The molecule has 0 fully saturated rings. The van der Waals surface area contributed by atoms with Crippen LogP contribution >= 0.6 is 0 Å². The first kappa shape index (κ1) is 14.7. The number of phenolic OH excluding ortho intramolecular Hbond substituents is 2. The van der Waals surface area contributed by atoms with E-state index >= 15 is 0 Å². The van der Waals surface area contributed by atoms with Crippen LogP contribution in [0.25, 0.3) is 0 Å². The van der Waals surface area contributed by atoms with E-state index in [-0.39, 0.29) is 17.1 Å². The summed E-state index contributed by atoms with van der Waals surface area (Å²) >= 11 is 0. The Morgan fingerprint density at radius 1 is 1.00 bits per heavy atom. The third kappa shape index (κ3) is 4.14. The molecule has 0 saturated carbocycles. The van der Waals surface area contributed by atoms with E-state index in [4.69, 9.17) is 9.84 Å². The van der Waals surface area contributed by atoms with Crippen molar-refractivity contribution >= 4 is 5.97 Å². The Kier molecular flexibility index (Phi) is 4.66. The normalized spacial score (nSPS) is 10.3. The van der Waals surface area contributed by atoms with Gasteiger partial charge in [0.1, 0.15) is 5.75 Å². The van der Waals surface area contributed by atoms with E-state index in [2.05, 4.69) is 0 Å². The summed E-state index contributed by atoms with van der Waals surface area (Å²) in [5.74, 6) is -0.603. The number of aromatic hydroxyl groups is 2. The van der Waals surface area contributed by atoms with Crippen LogP contribution in [0, 0.1) is 0 Å². The average Bonchev–Trinajstić information content (AvgIpc) is 2.47. The molecule has 0 spiro atoms. The summed E-state index contributed by atoms with van der Waals surface area (Å²) in [6, 6.07) is 11.0. The van der Waals surface area contributed by atoms with Crippen molar-refractivity contribution in [2.45, 2.75) is 12.8 Å². The highest BCUT2D eigenvalue weighted by atomic mass is 16.5. The van der Waals surface area contributed by atoms with E-state index in [9.17, 15) is 15.0 Å². The molecule has 0 atom stereocenters. The number of phenols is 2. The van der Waals surface area contributed by atoms with Gasteiger partial charge in [0.15, 0.2) is 11.5 Å². The van der Waals surface area contributed by atoms with Gasteiger partial charge in [0.2, 0.25) is 0 Å². The zero-order chi connectivity index (χ0) is 15.2. The van der Waals surface area contributed by atoms with Gasteiger partial charge >= 0.3 is 5.97 Å². The molecule has 0 bridgehead atoms. The molecule has 110 valence electrons. The van der Waals surface area contributed by atoms with Crippen LogP contribution in [0.15, 0.2) is 42.5 Å². The number of carboxylic acids is 1. The predicted molar refractivity (Wildman–Crippen MR) is 77.0 cm³/mol. The second-order valence-electron chi connectivity index (χ2n) is 4.60. The standard InChI is InChI=1S/C16H16O5/c17-14-8-3-11(10-15(14)18)2-1-9-21-13-6-4-12(5-7-13)16(19)20/h3-8,10,17-18H,1-2,9H2,(H,19,20). The van der Waals surface area contributed by atoms with E-state index in [0.29, 0.717) is 18.8 Å². The molecule has 0 radical (unpaired) electrons. The van der Waals surface area contributed by atoms with E-state index in [1.165, 1.54) is 24.3 Å². The van der Waals surface area contributed by atoms with Crippen LogP contribution in [-0.2, 0) is 6.42 Å². The zero-order valence-corrected chi connectivity index (χ0v) is 11.3. The SMILES string of the molecule is O=C(O)c1ccc(OCCCc2ccc(O)c(O)c2)cc1. The lowest BCUT2D eigenvalue weighted by atomic mass is 10.1. The monoisotopic (exact) mass is 288 g/mol. The van der Waals surface area contributed by atoms with Gasteiger partial charge in [-0.05, 0) is 54.8 Å². The van der Waals surface area contributed by atoms with Gasteiger partial charge in [-0.2, -0.15) is 0 Å². The molecule has 0 aromatic heterocycles. The minimum absolute atomic E-state index is 0.127. The first-order chi connectivity index (χ1) is 10.1. The minimum atomic E-state index is -0.964. The van der Waals surface area contributed by atoms with Gasteiger partial charge in [-0.3, -0.25) is 0 Å². The third-order valence-electron chi connectivity index (χ3n) is 3.02. The van der Waals surface area contributed by atoms with Crippen molar-refractivity contribution in [1.29, 1.82) is 0 Å². The molecule has 2 aromatic carbocycles. The number of hydrogen-bond acceptors (Lipinski definition) is 4. The van der Waals surface area contributed by atoms with Crippen LogP contribution in [0.2, 0.25) is 0 Å². The molecule has 0 aliphatic rings. The van der Waals surface area contributed by atoms with Crippen LogP contribution < -0.4 is 4.74 Å². The highest BCUT2D eigenvalue weighted by molar-refractivity contribution is 5.87. The summed E-state index contributed by atoms with van der Waals surface area (Å²) in [4.78, 5) is 10.7. The van der Waals surface area contributed by atoms with Gasteiger partial charge in [0.25, 0.3) is 0 Å². The number of carbonyl (C=O) groups is 1. The van der Waals surface area contributed by atoms with Gasteiger partial charge in [-0.1, -0.05) is 6.07 Å². The Morgan fingerprint density at radius 2 is 1.71 bits per heavy atom. The van der Waals surface area contributed by atoms with Crippen molar-refractivity contribution < 1.29 is 24.9 Å². The van der Waals surface area contributed by atoms with E-state index in [1.54, 1.807) is 18.2 Å². The van der Waals surface area contributed by atoms with Crippen molar-refractivity contribution in [2.75, 3.05) is 6.61 Å². The Morgan fingerprint density at radius 3 is 2.33 bits per heavy atom. The van der Waals surface area contributed by atoms with Crippen molar-refractivity contribution in [3.63, 3.8) is 0 Å². The molecule has 5 heteroatoms. The number of rotatable bonds is 6. The highest BCUT2D eigenvalue weighted by Crippen LogP contribution is 2.25. The molecule has 0 saturated heterocycles. The maximum atomic E-state index is 10.7. The maximum Gasteiger partial charge on any atom is 0.335 e. The topological polar surface area (TPSA) is 87.0 Å². The lowest BCUT2D eigenvalue weighted by molar-refractivity contribution is 0.0697. The second-order valence-corrected chi connectivity index (χ2v) is 4.60. The summed E-state index contributed by atoms with van der Waals surface area (Å²) in [5.41, 5.74) is 1.14. The Balaban J connectivity index is 1.79. The minimum Gasteiger partial charge on any atom is -0.504 e. The summed E-state index contributed by atoms with van der Waals surface area (Å²) < 4.78 is 5.51. The van der Waals surface area contributed by atoms with Gasteiger partial charge in [0.05, 0.1) is 12.2 Å². The molecule has 0 heterocycles. The van der Waals surface area contributed by atoms with Crippen LogP contribution in [0.5, 0.6) is 17.2 Å². The fourth-order valence-corrected chi connectivity index (χ4v) is 1.88. The number of hydrogen-bond donors (Lipinski definition) is 3. The number of benzene rings is 2. The Labute approximate surface area is 122 Å². The largest absolute Gasteiger partial charge is 0.504 e. The van der Waals surface area contributed by atoms with Crippen LogP contribution in [0.3, 0.4) is 0 Å². The molecule has 2 rings (SSSR count). The van der Waals surface area contributed by atoms with Crippen molar-refractivity contribution in [2.24, 2.45) is 0 Å². The van der Waals surface area contributed by atoms with Crippen LogP contribution in [-0.4, -0.2) is 27.9 Å². The number of carboxylic acid groups (broad SMARTS) is 1. The fourth-order valence-electron chi connectivity index (χ4n) is 1.88. The van der Waals surface area contributed by atoms with Gasteiger partial charge < -0.3 is 20.1 Å². The molecule has 2 aromatic rings. The van der Waals surface area contributed by atoms with Crippen molar-refractivity contribution in [3.8, 4) is 17.2 Å². The summed E-state index contributed by atoms with van der Waals surface area (Å²) in [7, 11) is 0. The van der Waals surface area contributed by atoms with Gasteiger partial charge in [-0.15, -0.1) is 0 Å². The molecule has 3 N–H and O–H groups in total. The van der Waals surface area contributed by atoms with E-state index in [0.717, 1.165) is 12.0 Å². The maximum absolute atomic E-state index is 10.7. The zero-order valence-electron chi connectivity index (χ0n) is 11.3. The second kappa shape index (κ2) is 6.65. The number of ether oxygens (including phenoxy) is 1.